The highest BCUT2D eigenvalue weighted by Crippen LogP contribution is 2.49. The lowest BCUT2D eigenvalue weighted by molar-refractivity contribution is 0.103. The summed E-state index contributed by atoms with van der Waals surface area (Å²) in [4.78, 5) is 12.6. The average Bonchev–Trinajstić information content (AvgIpc) is 2.51. The Balaban J connectivity index is 2.34. The lowest BCUT2D eigenvalue weighted by atomic mass is 9.99. The molecule has 2 aromatic rings. The van der Waals surface area contributed by atoms with Gasteiger partial charge in [0.15, 0.2) is 5.78 Å². The van der Waals surface area contributed by atoms with Crippen LogP contribution in [-0.4, -0.2) is 5.78 Å². The first-order chi connectivity index (χ1) is 9.11. The molecule has 1 aliphatic carbocycles. The number of benzene rings is 2. The molecule has 0 bridgehead atoms. The fourth-order valence-electron chi connectivity index (χ4n) is 2.41. The highest BCUT2D eigenvalue weighted by molar-refractivity contribution is 9.12. The van der Waals surface area contributed by atoms with Gasteiger partial charge in [0.05, 0.1) is 9.65 Å². The van der Waals surface area contributed by atoms with E-state index in [-0.39, 0.29) is 15.4 Å². The number of rotatable bonds is 0. The van der Waals surface area contributed by atoms with Crippen molar-refractivity contribution in [2.75, 3.05) is 0 Å². The van der Waals surface area contributed by atoms with Crippen molar-refractivity contribution < 1.29 is 4.79 Å². The summed E-state index contributed by atoms with van der Waals surface area (Å²) in [6.45, 7) is 0. The minimum Gasteiger partial charge on any atom is -0.289 e. The normalized spacial score (nSPS) is 21.5. The van der Waals surface area contributed by atoms with Gasteiger partial charge in [-0.2, -0.15) is 0 Å². The average molecular weight is 400 g/mol. The van der Waals surface area contributed by atoms with Crippen LogP contribution in [0.5, 0.6) is 0 Å². The quantitative estimate of drug-likeness (QED) is 0.537. The van der Waals surface area contributed by atoms with Gasteiger partial charge in [0.25, 0.3) is 0 Å². The monoisotopic (exact) mass is 398 g/mol. The molecule has 0 aromatic heterocycles. The molecule has 2 atom stereocenters. The zero-order chi connectivity index (χ0) is 13.6. The minimum absolute atomic E-state index is 0.00815. The fraction of sp³-hybridized carbons (Fsp3) is 0.133. The standard InChI is InChI=1S/C15H9Br2ClO/c16-13-8-4-1-2-5-9(8)15(19)10-6-3-7-11(18)12(10)14(13)17/h1-7,13-14H. The fourth-order valence-corrected chi connectivity index (χ4v) is 4.27. The molecule has 2 unspecified atom stereocenters. The number of alkyl halides is 2. The zero-order valence-corrected chi connectivity index (χ0v) is 13.7. The maximum Gasteiger partial charge on any atom is 0.193 e. The predicted molar refractivity (Wildman–Crippen MR) is 84.7 cm³/mol. The van der Waals surface area contributed by atoms with Gasteiger partial charge in [-0.15, -0.1) is 0 Å². The number of halogens is 3. The molecule has 0 radical (unpaired) electrons. The molecule has 0 aliphatic heterocycles. The van der Waals surface area contributed by atoms with Gasteiger partial charge in [0, 0.05) is 16.1 Å². The van der Waals surface area contributed by atoms with E-state index in [4.69, 9.17) is 11.6 Å². The summed E-state index contributed by atoms with van der Waals surface area (Å²) in [7, 11) is 0. The van der Waals surface area contributed by atoms with E-state index in [0.29, 0.717) is 10.6 Å². The van der Waals surface area contributed by atoms with Crippen LogP contribution in [0.3, 0.4) is 0 Å². The van der Waals surface area contributed by atoms with Crippen molar-refractivity contribution in [3.63, 3.8) is 0 Å². The van der Waals surface area contributed by atoms with Gasteiger partial charge in [-0.05, 0) is 17.2 Å². The van der Waals surface area contributed by atoms with Gasteiger partial charge in [-0.25, -0.2) is 0 Å². The van der Waals surface area contributed by atoms with E-state index in [0.717, 1.165) is 16.7 Å². The largest absolute Gasteiger partial charge is 0.289 e. The van der Waals surface area contributed by atoms with E-state index in [2.05, 4.69) is 31.9 Å². The van der Waals surface area contributed by atoms with Crippen molar-refractivity contribution in [2.24, 2.45) is 0 Å². The number of carbonyl (C=O) groups excluding carboxylic acids is 1. The molecular formula is C15H9Br2ClO. The van der Waals surface area contributed by atoms with Crippen LogP contribution in [0, 0.1) is 0 Å². The Bertz CT molecular complexity index is 669. The van der Waals surface area contributed by atoms with Crippen molar-refractivity contribution in [2.45, 2.75) is 9.65 Å². The van der Waals surface area contributed by atoms with E-state index < -0.39 is 0 Å². The van der Waals surface area contributed by atoms with Gasteiger partial charge < -0.3 is 0 Å². The summed E-state index contributed by atoms with van der Waals surface area (Å²) < 4.78 is 0. The Kier molecular flexibility index (Phi) is 3.54. The topological polar surface area (TPSA) is 17.1 Å². The first-order valence-corrected chi connectivity index (χ1v) is 8.02. The van der Waals surface area contributed by atoms with E-state index in [1.54, 1.807) is 0 Å². The SMILES string of the molecule is O=C1c2ccccc2C(Br)C(Br)c2c(Cl)cccc21. The number of carbonyl (C=O) groups is 1. The summed E-state index contributed by atoms with van der Waals surface area (Å²) in [6.07, 6.45) is 0. The van der Waals surface area contributed by atoms with E-state index in [1.807, 2.05) is 42.5 Å². The van der Waals surface area contributed by atoms with Gasteiger partial charge in [0.2, 0.25) is 0 Å². The molecule has 0 spiro atoms. The molecule has 0 heterocycles. The van der Waals surface area contributed by atoms with Crippen LogP contribution >= 0.6 is 43.5 Å². The van der Waals surface area contributed by atoms with Gasteiger partial charge in [-0.3, -0.25) is 4.79 Å². The van der Waals surface area contributed by atoms with E-state index in [1.165, 1.54) is 0 Å². The molecular weight excluding hydrogens is 391 g/mol. The first-order valence-electron chi connectivity index (χ1n) is 5.81. The van der Waals surface area contributed by atoms with Crippen LogP contribution in [0.25, 0.3) is 0 Å². The third-order valence-electron chi connectivity index (χ3n) is 3.33. The molecule has 0 N–H and O–H groups in total. The minimum atomic E-state index is -0.0381. The number of fused-ring (bicyclic) bond motifs is 2. The van der Waals surface area contributed by atoms with Crippen LogP contribution in [0.4, 0.5) is 0 Å². The third-order valence-corrected chi connectivity index (χ3v) is 6.38. The van der Waals surface area contributed by atoms with Crippen molar-refractivity contribution >= 4 is 49.2 Å². The molecule has 0 saturated heterocycles. The predicted octanol–water partition coefficient (Wildman–Crippen LogP) is 5.46. The maximum atomic E-state index is 12.7. The first kappa shape index (κ1) is 13.3. The van der Waals surface area contributed by atoms with Crippen LogP contribution in [-0.2, 0) is 0 Å². The highest BCUT2D eigenvalue weighted by Gasteiger charge is 2.33. The van der Waals surface area contributed by atoms with Crippen molar-refractivity contribution in [1.29, 1.82) is 0 Å². The Labute approximate surface area is 133 Å². The smallest absolute Gasteiger partial charge is 0.193 e. The second kappa shape index (κ2) is 5.04. The number of ketones is 1. The molecule has 1 nitrogen and oxygen atoms in total. The molecule has 4 heteroatoms. The third kappa shape index (κ3) is 2.08. The highest BCUT2D eigenvalue weighted by atomic mass is 79.9. The summed E-state index contributed by atoms with van der Waals surface area (Å²) in [5.74, 6) is 0.0273. The second-order valence-corrected chi connectivity index (χ2v) is 6.80. The summed E-state index contributed by atoms with van der Waals surface area (Å²) in [6, 6.07) is 13.1. The van der Waals surface area contributed by atoms with E-state index >= 15 is 0 Å². The van der Waals surface area contributed by atoms with Gasteiger partial charge >= 0.3 is 0 Å². The number of hydrogen-bond acceptors (Lipinski definition) is 1. The Hall–Kier alpha value is -0.640. The number of hydrogen-bond donors (Lipinski definition) is 0. The summed E-state index contributed by atoms with van der Waals surface area (Å²) in [5.41, 5.74) is 3.24. The van der Waals surface area contributed by atoms with Crippen LogP contribution in [0.15, 0.2) is 42.5 Å². The Morgan fingerprint density at radius 2 is 1.58 bits per heavy atom. The molecule has 19 heavy (non-hydrogen) atoms. The molecule has 96 valence electrons. The van der Waals surface area contributed by atoms with Crippen molar-refractivity contribution in [3.8, 4) is 0 Å². The molecule has 1 aliphatic rings. The second-order valence-electron chi connectivity index (χ2n) is 4.42. The molecule has 2 aromatic carbocycles. The Morgan fingerprint density at radius 3 is 2.37 bits per heavy atom. The molecule has 0 amide bonds. The van der Waals surface area contributed by atoms with Crippen molar-refractivity contribution in [3.05, 3.63) is 69.7 Å². The lowest BCUT2D eigenvalue weighted by Crippen LogP contribution is -2.04. The van der Waals surface area contributed by atoms with Crippen LogP contribution in [0.2, 0.25) is 5.02 Å². The van der Waals surface area contributed by atoms with E-state index in [9.17, 15) is 4.79 Å². The Morgan fingerprint density at radius 1 is 0.895 bits per heavy atom. The van der Waals surface area contributed by atoms with Crippen LogP contribution in [0.1, 0.15) is 36.7 Å². The van der Waals surface area contributed by atoms with Gasteiger partial charge in [-0.1, -0.05) is 79.9 Å². The molecule has 3 rings (SSSR count). The van der Waals surface area contributed by atoms with Crippen molar-refractivity contribution in [1.82, 2.24) is 0 Å². The molecule has 0 fully saturated rings. The summed E-state index contributed by atoms with van der Waals surface area (Å²) >= 11 is 13.6. The van der Waals surface area contributed by atoms with Gasteiger partial charge in [0.1, 0.15) is 0 Å². The molecule has 0 saturated carbocycles. The zero-order valence-electron chi connectivity index (χ0n) is 9.74. The lowest BCUT2D eigenvalue weighted by Gasteiger charge is -2.17. The maximum absolute atomic E-state index is 12.7. The summed E-state index contributed by atoms with van der Waals surface area (Å²) in [5, 5.41) is 0.616. The van der Waals surface area contributed by atoms with Crippen LogP contribution < -0.4 is 0 Å².